The van der Waals surface area contributed by atoms with Gasteiger partial charge in [0.1, 0.15) is 11.6 Å². The highest BCUT2D eigenvalue weighted by atomic mass is 16.3. The van der Waals surface area contributed by atoms with Gasteiger partial charge in [0, 0.05) is 18.1 Å². The van der Waals surface area contributed by atoms with E-state index in [1.54, 1.807) is 18.3 Å². The molecule has 3 rings (SSSR count). The maximum Gasteiger partial charge on any atom is 0.133 e. The molecule has 0 bridgehead atoms. The van der Waals surface area contributed by atoms with E-state index in [0.717, 1.165) is 29.7 Å². The monoisotopic (exact) mass is 271 g/mol. The molecule has 2 aromatic rings. The van der Waals surface area contributed by atoms with Crippen LogP contribution in [0.25, 0.3) is 10.8 Å². The van der Waals surface area contributed by atoms with Crippen LogP contribution in [0.5, 0.6) is 5.75 Å². The number of pyridine rings is 1. The number of aromatic hydroxyl groups is 1. The highest BCUT2D eigenvalue weighted by molar-refractivity contribution is 5.92. The van der Waals surface area contributed by atoms with Crippen LogP contribution in [0.1, 0.15) is 25.7 Å². The third-order valence-electron chi connectivity index (χ3n) is 4.48. The molecule has 1 aliphatic rings. The summed E-state index contributed by atoms with van der Waals surface area (Å²) in [6, 6.07) is 7.32. The minimum absolute atomic E-state index is 0.209. The first-order valence-electron chi connectivity index (χ1n) is 7.24. The summed E-state index contributed by atoms with van der Waals surface area (Å²) in [5.74, 6) is 1.10. The normalized spacial score (nSPS) is 17.4. The number of nitrogens with zero attached hydrogens (tertiary/aromatic N) is 1. The molecule has 1 saturated carbocycles. The maximum absolute atomic E-state index is 9.66. The van der Waals surface area contributed by atoms with E-state index in [0.29, 0.717) is 0 Å². The van der Waals surface area contributed by atoms with Crippen LogP contribution in [0, 0.1) is 5.41 Å². The molecule has 1 heterocycles. The van der Waals surface area contributed by atoms with E-state index in [-0.39, 0.29) is 11.2 Å². The number of nitrogens with one attached hydrogen (secondary N) is 1. The first kappa shape index (κ1) is 13.2. The van der Waals surface area contributed by atoms with E-state index < -0.39 is 0 Å². The molecule has 4 nitrogen and oxygen atoms in total. The van der Waals surface area contributed by atoms with Crippen LogP contribution < -0.4 is 11.1 Å². The molecule has 4 N–H and O–H groups in total. The van der Waals surface area contributed by atoms with Gasteiger partial charge in [-0.25, -0.2) is 4.98 Å². The highest BCUT2D eigenvalue weighted by Gasteiger charge is 2.32. The van der Waals surface area contributed by atoms with Crippen molar-refractivity contribution in [2.24, 2.45) is 11.1 Å². The Morgan fingerprint density at radius 2 is 2.05 bits per heavy atom. The number of nitrogens with two attached hydrogens (primary N) is 1. The van der Waals surface area contributed by atoms with Gasteiger partial charge in [-0.05, 0) is 48.4 Å². The van der Waals surface area contributed by atoms with Gasteiger partial charge < -0.3 is 16.2 Å². The topological polar surface area (TPSA) is 71.2 Å². The molecule has 106 valence electrons. The average molecular weight is 271 g/mol. The van der Waals surface area contributed by atoms with E-state index in [1.807, 2.05) is 12.1 Å². The maximum atomic E-state index is 9.66. The average Bonchev–Trinajstić information content (AvgIpc) is 2.94. The molecular formula is C16H21N3O. The second kappa shape index (κ2) is 5.29. The molecule has 0 radical (unpaired) electrons. The molecule has 20 heavy (non-hydrogen) atoms. The lowest BCUT2D eigenvalue weighted by Gasteiger charge is -2.27. The van der Waals surface area contributed by atoms with Crippen molar-refractivity contribution in [3.63, 3.8) is 0 Å². The van der Waals surface area contributed by atoms with Crippen molar-refractivity contribution in [2.45, 2.75) is 25.7 Å². The van der Waals surface area contributed by atoms with Crippen molar-refractivity contribution >= 4 is 16.6 Å². The Kier molecular flexibility index (Phi) is 3.49. The number of phenolic OH excluding ortho intramolecular Hbond substituents is 1. The Morgan fingerprint density at radius 1 is 1.25 bits per heavy atom. The number of rotatable bonds is 4. The van der Waals surface area contributed by atoms with E-state index in [2.05, 4.69) is 10.3 Å². The summed E-state index contributed by atoms with van der Waals surface area (Å²) in [6.07, 6.45) is 6.70. The third-order valence-corrected chi connectivity index (χ3v) is 4.48. The summed E-state index contributed by atoms with van der Waals surface area (Å²) in [5.41, 5.74) is 6.18. The van der Waals surface area contributed by atoms with Crippen LogP contribution in [0.15, 0.2) is 30.5 Å². The summed E-state index contributed by atoms with van der Waals surface area (Å²) in [4.78, 5) is 4.41. The molecule has 0 saturated heterocycles. The fourth-order valence-electron chi connectivity index (χ4n) is 3.15. The number of phenols is 1. The molecule has 0 spiro atoms. The van der Waals surface area contributed by atoms with Crippen molar-refractivity contribution in [3.8, 4) is 5.75 Å². The van der Waals surface area contributed by atoms with Crippen LogP contribution in [-0.4, -0.2) is 23.2 Å². The Bertz CT molecular complexity index is 606. The smallest absolute Gasteiger partial charge is 0.133 e. The van der Waals surface area contributed by atoms with Crippen LogP contribution in [0.3, 0.4) is 0 Å². The minimum Gasteiger partial charge on any atom is -0.508 e. The molecule has 0 amide bonds. The SMILES string of the molecule is NCC1(CNc2nccc3ccc(O)cc23)CCCC1. The summed E-state index contributed by atoms with van der Waals surface area (Å²) in [6.45, 7) is 1.57. The molecule has 1 fully saturated rings. The molecule has 1 aromatic carbocycles. The largest absolute Gasteiger partial charge is 0.508 e. The number of hydrogen-bond acceptors (Lipinski definition) is 4. The zero-order chi connectivity index (χ0) is 14.0. The second-order valence-corrected chi connectivity index (χ2v) is 5.83. The highest BCUT2D eigenvalue weighted by Crippen LogP contribution is 2.37. The molecule has 4 heteroatoms. The molecular weight excluding hydrogens is 250 g/mol. The number of hydrogen-bond donors (Lipinski definition) is 3. The predicted octanol–water partition coefficient (Wildman–Crippen LogP) is 2.87. The van der Waals surface area contributed by atoms with Gasteiger partial charge in [0.2, 0.25) is 0 Å². The predicted molar refractivity (Wildman–Crippen MR) is 81.9 cm³/mol. The zero-order valence-electron chi connectivity index (χ0n) is 11.6. The van der Waals surface area contributed by atoms with Gasteiger partial charge in [0.25, 0.3) is 0 Å². The van der Waals surface area contributed by atoms with Crippen molar-refractivity contribution in [3.05, 3.63) is 30.5 Å². The standard InChI is InChI=1S/C16H21N3O/c17-10-16(6-1-2-7-16)11-19-15-14-9-13(20)4-3-12(14)5-8-18-15/h3-5,8-9,20H,1-2,6-7,10-11,17H2,(H,18,19). The van der Waals surface area contributed by atoms with E-state index >= 15 is 0 Å². The van der Waals surface area contributed by atoms with Crippen molar-refractivity contribution in [1.29, 1.82) is 0 Å². The van der Waals surface area contributed by atoms with Gasteiger partial charge in [-0.15, -0.1) is 0 Å². The minimum atomic E-state index is 0.209. The number of aromatic nitrogens is 1. The first-order valence-corrected chi connectivity index (χ1v) is 7.24. The van der Waals surface area contributed by atoms with Gasteiger partial charge in [0.05, 0.1) is 0 Å². The van der Waals surface area contributed by atoms with Crippen LogP contribution >= 0.6 is 0 Å². The molecule has 0 unspecified atom stereocenters. The number of anilines is 1. The van der Waals surface area contributed by atoms with Crippen molar-refractivity contribution in [2.75, 3.05) is 18.4 Å². The summed E-state index contributed by atoms with van der Waals surface area (Å²) in [7, 11) is 0. The van der Waals surface area contributed by atoms with E-state index in [9.17, 15) is 5.11 Å². The van der Waals surface area contributed by atoms with Crippen molar-refractivity contribution in [1.82, 2.24) is 4.98 Å². The van der Waals surface area contributed by atoms with Gasteiger partial charge in [-0.3, -0.25) is 0 Å². The Morgan fingerprint density at radius 3 is 2.80 bits per heavy atom. The summed E-state index contributed by atoms with van der Waals surface area (Å²) in [5, 5.41) is 15.1. The van der Waals surface area contributed by atoms with Crippen molar-refractivity contribution < 1.29 is 5.11 Å². The molecule has 1 aliphatic carbocycles. The first-order chi connectivity index (χ1) is 9.72. The van der Waals surface area contributed by atoms with Crippen LogP contribution in [0.4, 0.5) is 5.82 Å². The Hall–Kier alpha value is -1.81. The summed E-state index contributed by atoms with van der Waals surface area (Å²) >= 11 is 0. The number of benzene rings is 1. The zero-order valence-corrected chi connectivity index (χ0v) is 11.6. The Balaban J connectivity index is 1.85. The fraction of sp³-hybridized carbons (Fsp3) is 0.438. The molecule has 0 aliphatic heterocycles. The van der Waals surface area contributed by atoms with Gasteiger partial charge >= 0.3 is 0 Å². The van der Waals surface area contributed by atoms with Crippen LogP contribution in [0.2, 0.25) is 0 Å². The summed E-state index contributed by atoms with van der Waals surface area (Å²) < 4.78 is 0. The lowest BCUT2D eigenvalue weighted by molar-refractivity contribution is 0.332. The van der Waals surface area contributed by atoms with Gasteiger partial charge in [-0.2, -0.15) is 0 Å². The third kappa shape index (κ3) is 2.43. The fourth-order valence-corrected chi connectivity index (χ4v) is 3.15. The van der Waals surface area contributed by atoms with E-state index in [1.165, 1.54) is 25.7 Å². The number of fused-ring (bicyclic) bond motifs is 1. The van der Waals surface area contributed by atoms with Crippen LogP contribution in [-0.2, 0) is 0 Å². The van der Waals surface area contributed by atoms with Gasteiger partial charge in [0.15, 0.2) is 0 Å². The lowest BCUT2D eigenvalue weighted by atomic mass is 9.86. The Labute approximate surface area is 119 Å². The second-order valence-electron chi connectivity index (χ2n) is 5.83. The van der Waals surface area contributed by atoms with Gasteiger partial charge in [-0.1, -0.05) is 18.9 Å². The lowest BCUT2D eigenvalue weighted by Crippen LogP contribution is -2.34. The van der Waals surface area contributed by atoms with E-state index in [4.69, 9.17) is 5.73 Å². The molecule has 0 atom stereocenters. The quantitative estimate of drug-likeness (QED) is 0.799. The molecule has 1 aromatic heterocycles.